The molecule has 0 heterocycles. The van der Waals surface area contributed by atoms with Gasteiger partial charge in [0.2, 0.25) is 0 Å². The first-order valence-corrected chi connectivity index (χ1v) is 9.80. The predicted octanol–water partition coefficient (Wildman–Crippen LogP) is 5.18. The quantitative estimate of drug-likeness (QED) is 0.315. The van der Waals surface area contributed by atoms with Crippen molar-refractivity contribution in [2.45, 2.75) is 71.0 Å². The number of hydrogen-bond acceptors (Lipinski definition) is 0. The van der Waals surface area contributed by atoms with Gasteiger partial charge in [0.25, 0.3) is 0 Å². The van der Waals surface area contributed by atoms with Gasteiger partial charge >= 0.3 is 0 Å². The maximum atomic E-state index is 6.45. The van der Waals surface area contributed by atoms with Gasteiger partial charge in [-0.05, 0) is 5.54 Å². The van der Waals surface area contributed by atoms with Gasteiger partial charge in [-0.3, -0.25) is 0 Å². The van der Waals surface area contributed by atoms with Crippen LogP contribution in [-0.2, 0) is 0 Å². The number of halogens is 1. The molecule has 0 aromatic carbocycles. The Morgan fingerprint density at radius 2 is 1.69 bits per heavy atom. The fourth-order valence-corrected chi connectivity index (χ4v) is 4.50. The van der Waals surface area contributed by atoms with Gasteiger partial charge in [-0.15, -0.1) is 0 Å². The summed E-state index contributed by atoms with van der Waals surface area (Å²) in [6, 6.07) is 0. The van der Waals surface area contributed by atoms with Gasteiger partial charge in [0.1, 0.15) is 0 Å². The number of hydrogen-bond donors (Lipinski definition) is 0. The van der Waals surface area contributed by atoms with Gasteiger partial charge in [-0.25, -0.2) is 0 Å². The molecular weight excluding hydrogens is 196 g/mol. The maximum Gasteiger partial charge on any atom is 0.153 e. The second-order valence-electron chi connectivity index (χ2n) is 4.52. The molecule has 0 aromatic rings. The molecule has 0 N–H and O–H groups in total. The van der Waals surface area contributed by atoms with Crippen LogP contribution in [0.4, 0.5) is 0 Å². The summed E-state index contributed by atoms with van der Waals surface area (Å²) in [5.74, 6) is 0. The van der Waals surface area contributed by atoms with Crippen molar-refractivity contribution in [1.82, 2.24) is 0 Å². The van der Waals surface area contributed by atoms with Crippen molar-refractivity contribution in [3.05, 3.63) is 0 Å². The highest BCUT2D eigenvalue weighted by molar-refractivity contribution is 7.19. The Hall–Kier alpha value is 0.507. The van der Waals surface area contributed by atoms with E-state index in [4.69, 9.17) is 11.1 Å². The van der Waals surface area contributed by atoms with Crippen molar-refractivity contribution in [1.29, 1.82) is 0 Å². The lowest BCUT2D eigenvalue weighted by molar-refractivity contribution is 0.594. The molecule has 0 fully saturated rings. The van der Waals surface area contributed by atoms with Crippen LogP contribution in [-0.4, -0.2) is 7.38 Å². The molecule has 0 saturated carbocycles. The van der Waals surface area contributed by atoms with Crippen molar-refractivity contribution in [3.8, 4) is 0 Å². The monoisotopic (exact) mass is 220 g/mol. The van der Waals surface area contributed by atoms with Gasteiger partial charge in [0.15, 0.2) is 7.38 Å². The van der Waals surface area contributed by atoms with Crippen molar-refractivity contribution in [2.75, 3.05) is 0 Å². The lowest BCUT2D eigenvalue weighted by Crippen LogP contribution is -2.24. The van der Waals surface area contributed by atoms with Crippen molar-refractivity contribution < 1.29 is 0 Å². The Morgan fingerprint density at radius 3 is 2.08 bits per heavy atom. The van der Waals surface area contributed by atoms with E-state index in [1.54, 1.807) is 0 Å². The molecule has 80 valence electrons. The summed E-state index contributed by atoms with van der Waals surface area (Å²) in [6.45, 7) is 9.10. The fourth-order valence-electron chi connectivity index (χ4n) is 1.85. The first-order valence-electron chi connectivity index (χ1n) is 5.71. The Kier molecular flexibility index (Phi) is 7.16. The summed E-state index contributed by atoms with van der Waals surface area (Å²) < 4.78 is 0. The van der Waals surface area contributed by atoms with Crippen LogP contribution in [0.3, 0.4) is 0 Å². The van der Waals surface area contributed by atoms with E-state index in [-0.39, 0.29) is 0 Å². The lowest BCUT2D eigenvalue weighted by Gasteiger charge is -2.25. The minimum atomic E-state index is -1.37. The summed E-state index contributed by atoms with van der Waals surface area (Å²) in [5, 5.41) is 0. The molecule has 0 bridgehead atoms. The molecule has 2 heteroatoms. The third-order valence-electron chi connectivity index (χ3n) is 2.87. The van der Waals surface area contributed by atoms with E-state index in [1.807, 2.05) is 0 Å². The van der Waals surface area contributed by atoms with Crippen LogP contribution in [0.15, 0.2) is 0 Å². The minimum absolute atomic E-state index is 0.825. The van der Waals surface area contributed by atoms with Gasteiger partial charge in [0, 0.05) is 0 Å². The van der Waals surface area contributed by atoms with Crippen molar-refractivity contribution in [2.24, 2.45) is 0 Å². The zero-order valence-corrected chi connectivity index (χ0v) is 11.5. The Labute approximate surface area is 89.8 Å². The molecule has 1 unspecified atom stereocenters. The van der Waals surface area contributed by atoms with Gasteiger partial charge in [0.05, 0.1) is 0 Å². The van der Waals surface area contributed by atoms with Crippen LogP contribution in [0, 0.1) is 0 Å². The summed E-state index contributed by atoms with van der Waals surface area (Å²) in [6.07, 6.45) is 8.14. The van der Waals surface area contributed by atoms with E-state index in [1.165, 1.54) is 38.5 Å². The average Bonchev–Trinajstić information content (AvgIpc) is 2.02. The van der Waals surface area contributed by atoms with Crippen LogP contribution in [0.25, 0.3) is 0 Å². The molecule has 0 aromatic heterocycles. The Balaban J connectivity index is 3.61. The Morgan fingerprint density at radius 1 is 1.08 bits per heavy atom. The topological polar surface area (TPSA) is 0 Å². The highest BCUT2D eigenvalue weighted by Crippen LogP contribution is 2.33. The van der Waals surface area contributed by atoms with Gasteiger partial charge in [-0.1, -0.05) is 65.5 Å². The van der Waals surface area contributed by atoms with Crippen LogP contribution in [0.5, 0.6) is 0 Å². The van der Waals surface area contributed by atoms with Crippen molar-refractivity contribution in [3.63, 3.8) is 0 Å². The summed E-state index contributed by atoms with van der Waals surface area (Å²) in [5.41, 5.74) is 0.825. The van der Waals surface area contributed by atoms with Gasteiger partial charge in [-0.2, -0.15) is 11.1 Å². The first-order chi connectivity index (χ1) is 6.02. The summed E-state index contributed by atoms with van der Waals surface area (Å²) in [7, 11) is -1.37. The SMILES string of the molecule is CCCCCCC(CC)[Si](C)(C)Cl. The van der Waals surface area contributed by atoms with Crippen LogP contribution in [0.1, 0.15) is 52.4 Å². The number of rotatable bonds is 7. The highest BCUT2D eigenvalue weighted by Gasteiger charge is 2.27. The van der Waals surface area contributed by atoms with Gasteiger partial charge < -0.3 is 0 Å². The van der Waals surface area contributed by atoms with E-state index in [9.17, 15) is 0 Å². The average molecular weight is 221 g/mol. The van der Waals surface area contributed by atoms with E-state index < -0.39 is 7.38 Å². The molecule has 0 rings (SSSR count). The molecule has 0 amide bonds. The molecule has 0 nitrogen and oxygen atoms in total. The third-order valence-corrected chi connectivity index (χ3v) is 6.43. The summed E-state index contributed by atoms with van der Waals surface area (Å²) in [4.78, 5) is 0. The highest BCUT2D eigenvalue weighted by atomic mass is 35.6. The third kappa shape index (κ3) is 6.56. The van der Waals surface area contributed by atoms with E-state index >= 15 is 0 Å². The van der Waals surface area contributed by atoms with Crippen LogP contribution in [0.2, 0.25) is 18.6 Å². The largest absolute Gasteiger partial charge is 0.167 e. The molecule has 0 spiro atoms. The number of unbranched alkanes of at least 4 members (excludes halogenated alkanes) is 3. The smallest absolute Gasteiger partial charge is 0.153 e. The normalized spacial score (nSPS) is 14.5. The molecule has 0 aliphatic rings. The molecule has 0 aliphatic heterocycles. The standard InChI is InChI=1S/C11H25ClSi/c1-5-7-8-9-10-11(6-2)13(3,4)12/h11H,5-10H2,1-4H3. The maximum absolute atomic E-state index is 6.45. The van der Waals surface area contributed by atoms with Crippen molar-refractivity contribution >= 4 is 18.5 Å². The molecule has 0 radical (unpaired) electrons. The Bertz CT molecular complexity index is 118. The van der Waals surface area contributed by atoms with E-state index in [0.717, 1.165) is 5.54 Å². The van der Waals surface area contributed by atoms with E-state index in [2.05, 4.69) is 26.9 Å². The predicted molar refractivity (Wildman–Crippen MR) is 66.1 cm³/mol. The van der Waals surface area contributed by atoms with Crippen LogP contribution >= 0.6 is 11.1 Å². The minimum Gasteiger partial charge on any atom is -0.167 e. The van der Waals surface area contributed by atoms with Crippen LogP contribution < -0.4 is 0 Å². The summed E-state index contributed by atoms with van der Waals surface area (Å²) >= 11 is 6.45. The second kappa shape index (κ2) is 6.89. The first kappa shape index (κ1) is 13.5. The molecule has 0 aliphatic carbocycles. The zero-order chi connectivity index (χ0) is 10.3. The van der Waals surface area contributed by atoms with E-state index in [0.29, 0.717) is 0 Å². The molecule has 13 heavy (non-hydrogen) atoms. The molecule has 1 atom stereocenters. The zero-order valence-electron chi connectivity index (χ0n) is 9.70. The fraction of sp³-hybridized carbons (Fsp3) is 1.00. The second-order valence-corrected chi connectivity index (χ2v) is 11.4. The lowest BCUT2D eigenvalue weighted by atomic mass is 10.1. The molecular formula is C11H25ClSi. The molecule has 0 saturated heterocycles.